The van der Waals surface area contributed by atoms with Gasteiger partial charge in [-0.2, -0.15) is 0 Å². The second-order valence-electron chi connectivity index (χ2n) is 5.84. The molecule has 3 rings (SSSR count). The van der Waals surface area contributed by atoms with E-state index in [1.54, 1.807) is 6.07 Å². The van der Waals surface area contributed by atoms with E-state index in [-0.39, 0.29) is 11.5 Å². The summed E-state index contributed by atoms with van der Waals surface area (Å²) in [6.07, 6.45) is 6.12. The highest BCUT2D eigenvalue weighted by Crippen LogP contribution is 2.29. The zero-order valence-electron chi connectivity index (χ0n) is 11.6. The molecule has 2 heterocycles. The molecule has 1 saturated heterocycles. The third-order valence-electron chi connectivity index (χ3n) is 4.13. The highest BCUT2D eigenvalue weighted by atomic mass is 16.2. The van der Waals surface area contributed by atoms with Crippen molar-refractivity contribution in [2.24, 2.45) is 5.92 Å². The number of nitrogens with one attached hydrogen (secondary N) is 2. The molecule has 20 heavy (non-hydrogen) atoms. The van der Waals surface area contributed by atoms with Crippen molar-refractivity contribution in [3.8, 4) is 0 Å². The molecule has 0 spiro atoms. The number of H-pyrrole nitrogens is 1. The van der Waals surface area contributed by atoms with E-state index in [0.29, 0.717) is 17.5 Å². The van der Waals surface area contributed by atoms with Gasteiger partial charge in [0.2, 0.25) is 5.56 Å². The fourth-order valence-electron chi connectivity index (χ4n) is 2.85. The summed E-state index contributed by atoms with van der Waals surface area (Å²) in [5.41, 5.74) is 0.413. The third-order valence-corrected chi connectivity index (χ3v) is 4.13. The van der Waals surface area contributed by atoms with Gasteiger partial charge in [0.05, 0.1) is 5.56 Å². The summed E-state index contributed by atoms with van der Waals surface area (Å²) in [6.45, 7) is 2.92. The molecule has 1 saturated carbocycles. The third kappa shape index (κ3) is 3.10. The van der Waals surface area contributed by atoms with Crippen molar-refractivity contribution in [1.29, 1.82) is 0 Å². The second-order valence-corrected chi connectivity index (χ2v) is 5.84. The summed E-state index contributed by atoms with van der Waals surface area (Å²) in [7, 11) is 0. The van der Waals surface area contributed by atoms with Crippen LogP contribution in [0.1, 0.15) is 36.0 Å². The Hall–Kier alpha value is -1.62. The van der Waals surface area contributed by atoms with E-state index in [1.807, 2.05) is 4.90 Å². The Morgan fingerprint density at radius 1 is 1.30 bits per heavy atom. The molecule has 0 bridgehead atoms. The molecular weight excluding hydrogens is 254 g/mol. The largest absolute Gasteiger partial charge is 0.335 e. The molecule has 1 unspecified atom stereocenters. The number of aromatic nitrogens is 1. The second kappa shape index (κ2) is 5.79. The minimum absolute atomic E-state index is 0.0503. The number of nitrogens with zero attached hydrogens (tertiary/aromatic N) is 1. The summed E-state index contributed by atoms with van der Waals surface area (Å²) in [5, 5.41) is 3.40. The van der Waals surface area contributed by atoms with E-state index in [2.05, 4.69) is 10.3 Å². The number of carbonyl (C=O) groups excluding carboxylic acids is 1. The van der Waals surface area contributed by atoms with Gasteiger partial charge in [0.1, 0.15) is 0 Å². The van der Waals surface area contributed by atoms with Gasteiger partial charge in [-0.15, -0.1) is 0 Å². The minimum atomic E-state index is -0.170. The first-order valence-electron chi connectivity index (χ1n) is 7.44. The van der Waals surface area contributed by atoms with E-state index in [0.717, 1.165) is 32.5 Å². The fraction of sp³-hybridized carbons (Fsp3) is 0.600. The predicted molar refractivity (Wildman–Crippen MR) is 76.7 cm³/mol. The minimum Gasteiger partial charge on any atom is -0.335 e. The average molecular weight is 275 g/mol. The number of pyridine rings is 1. The molecule has 2 aliphatic rings. The number of amides is 1. The summed E-state index contributed by atoms with van der Waals surface area (Å²) in [6, 6.07) is 3.44. The van der Waals surface area contributed by atoms with Gasteiger partial charge >= 0.3 is 0 Å². The van der Waals surface area contributed by atoms with Crippen molar-refractivity contribution < 1.29 is 4.79 Å². The van der Waals surface area contributed by atoms with Crippen molar-refractivity contribution in [2.45, 2.75) is 31.7 Å². The quantitative estimate of drug-likeness (QED) is 0.861. The van der Waals surface area contributed by atoms with Gasteiger partial charge in [-0.1, -0.05) is 0 Å². The normalized spacial score (nSPS) is 22.5. The van der Waals surface area contributed by atoms with Crippen LogP contribution < -0.4 is 10.9 Å². The van der Waals surface area contributed by atoms with Crippen LogP contribution in [0.2, 0.25) is 0 Å². The van der Waals surface area contributed by atoms with Gasteiger partial charge in [-0.05, 0) is 50.8 Å². The van der Waals surface area contributed by atoms with Crippen LogP contribution in [0.5, 0.6) is 0 Å². The molecular formula is C15H21N3O2. The lowest BCUT2D eigenvalue weighted by Crippen LogP contribution is -2.42. The van der Waals surface area contributed by atoms with Crippen LogP contribution in [0.3, 0.4) is 0 Å². The molecule has 2 N–H and O–H groups in total. The number of hydrogen-bond acceptors (Lipinski definition) is 3. The Balaban J connectivity index is 1.71. The lowest BCUT2D eigenvalue weighted by atomic mass is 9.98. The topological polar surface area (TPSA) is 65.2 Å². The van der Waals surface area contributed by atoms with E-state index in [1.165, 1.54) is 25.1 Å². The van der Waals surface area contributed by atoms with Gasteiger partial charge in [0, 0.05) is 24.8 Å². The van der Waals surface area contributed by atoms with Crippen LogP contribution in [-0.4, -0.2) is 41.5 Å². The first kappa shape index (κ1) is 13.4. The molecule has 1 aromatic heterocycles. The maximum absolute atomic E-state index is 12.6. The van der Waals surface area contributed by atoms with Crippen molar-refractivity contribution >= 4 is 5.91 Å². The van der Waals surface area contributed by atoms with E-state index in [4.69, 9.17) is 0 Å². The summed E-state index contributed by atoms with van der Waals surface area (Å²) in [5.74, 6) is 0.602. The molecule has 1 aliphatic carbocycles. The Labute approximate surface area is 118 Å². The average Bonchev–Trinajstić information content (AvgIpc) is 3.30. The highest BCUT2D eigenvalue weighted by Gasteiger charge is 2.34. The van der Waals surface area contributed by atoms with Gasteiger partial charge in [-0.25, -0.2) is 0 Å². The Morgan fingerprint density at radius 2 is 2.15 bits per heavy atom. The SMILES string of the molecule is O=C(c1ccc(=O)[nH]c1)N(CC1CCCNC1)C1CC1. The van der Waals surface area contributed by atoms with Crippen LogP contribution in [0.25, 0.3) is 0 Å². The van der Waals surface area contributed by atoms with Crippen molar-refractivity contribution in [3.05, 3.63) is 34.2 Å². The first-order chi connectivity index (χ1) is 9.74. The molecule has 0 radical (unpaired) electrons. The zero-order valence-corrected chi connectivity index (χ0v) is 11.6. The molecule has 1 aromatic rings. The van der Waals surface area contributed by atoms with Gasteiger partial charge < -0.3 is 15.2 Å². The van der Waals surface area contributed by atoms with Gasteiger partial charge in [-0.3, -0.25) is 9.59 Å². The molecule has 5 nitrogen and oxygen atoms in total. The fourth-order valence-corrected chi connectivity index (χ4v) is 2.85. The highest BCUT2D eigenvalue weighted by molar-refractivity contribution is 5.94. The van der Waals surface area contributed by atoms with Crippen LogP contribution >= 0.6 is 0 Å². The van der Waals surface area contributed by atoms with E-state index < -0.39 is 0 Å². The van der Waals surface area contributed by atoms with Crippen LogP contribution in [0.4, 0.5) is 0 Å². The number of rotatable bonds is 4. The molecule has 5 heteroatoms. The monoisotopic (exact) mass is 275 g/mol. The maximum atomic E-state index is 12.6. The molecule has 1 aliphatic heterocycles. The smallest absolute Gasteiger partial charge is 0.255 e. The van der Waals surface area contributed by atoms with Gasteiger partial charge in [0.25, 0.3) is 5.91 Å². The van der Waals surface area contributed by atoms with Crippen LogP contribution in [0.15, 0.2) is 23.1 Å². The molecule has 1 atom stereocenters. The van der Waals surface area contributed by atoms with Crippen LogP contribution in [-0.2, 0) is 0 Å². The molecule has 108 valence electrons. The first-order valence-corrected chi connectivity index (χ1v) is 7.44. The molecule has 1 amide bonds. The Bertz CT molecular complexity index is 510. The Morgan fingerprint density at radius 3 is 2.75 bits per heavy atom. The summed E-state index contributed by atoms with van der Waals surface area (Å²) in [4.78, 5) is 28.3. The number of carbonyl (C=O) groups is 1. The standard InChI is InChI=1S/C15H21N3O2/c19-14-6-3-12(9-17-14)15(20)18(13-4-5-13)10-11-2-1-7-16-8-11/h3,6,9,11,13,16H,1-2,4-5,7-8,10H2,(H,17,19). The predicted octanol–water partition coefficient (Wildman–Crippen LogP) is 0.979. The molecule has 2 fully saturated rings. The Kier molecular flexibility index (Phi) is 3.87. The van der Waals surface area contributed by atoms with Crippen LogP contribution in [0, 0.1) is 5.92 Å². The van der Waals surface area contributed by atoms with Crippen molar-refractivity contribution in [1.82, 2.24) is 15.2 Å². The zero-order chi connectivity index (χ0) is 13.9. The lowest BCUT2D eigenvalue weighted by Gasteiger charge is -2.30. The van der Waals surface area contributed by atoms with Crippen molar-refractivity contribution in [3.63, 3.8) is 0 Å². The number of aromatic amines is 1. The van der Waals surface area contributed by atoms with E-state index in [9.17, 15) is 9.59 Å². The van der Waals surface area contributed by atoms with Gasteiger partial charge in [0.15, 0.2) is 0 Å². The molecule has 0 aromatic carbocycles. The number of hydrogen-bond donors (Lipinski definition) is 2. The number of piperidine rings is 1. The lowest BCUT2D eigenvalue weighted by molar-refractivity contribution is 0.0703. The maximum Gasteiger partial charge on any atom is 0.255 e. The van der Waals surface area contributed by atoms with E-state index >= 15 is 0 Å². The summed E-state index contributed by atoms with van der Waals surface area (Å²) < 4.78 is 0. The summed E-state index contributed by atoms with van der Waals surface area (Å²) >= 11 is 0. The van der Waals surface area contributed by atoms with Crippen molar-refractivity contribution in [2.75, 3.05) is 19.6 Å².